The standard InChI is InChI=1S/C24H32N4O4/c1-15(13-26-22(25-9)32-24(6,7)8)17-10-11-19-18(12-17)21(16(2)29)27-28(19)14-20(30)31-23(3,4)5/h10-13H,9,14H2,1-8H3/b15-13+,26-22?. The first-order valence-electron chi connectivity index (χ1n) is 10.3. The molecule has 2 rings (SSSR count). The molecule has 0 aliphatic heterocycles. The number of hydrogen-bond acceptors (Lipinski definition) is 6. The minimum Gasteiger partial charge on any atom is -0.459 e. The van der Waals surface area contributed by atoms with Crippen LogP contribution in [0, 0.1) is 0 Å². The Morgan fingerprint density at radius 1 is 1.09 bits per heavy atom. The van der Waals surface area contributed by atoms with Crippen molar-refractivity contribution in [3.8, 4) is 0 Å². The van der Waals surface area contributed by atoms with Crippen LogP contribution >= 0.6 is 0 Å². The summed E-state index contributed by atoms with van der Waals surface area (Å²) in [6.45, 7) is 17.9. The highest BCUT2D eigenvalue weighted by Gasteiger charge is 2.20. The minimum atomic E-state index is -0.602. The molecular formula is C24H32N4O4. The molecule has 2 aromatic rings. The first-order chi connectivity index (χ1) is 14.7. The van der Waals surface area contributed by atoms with Gasteiger partial charge < -0.3 is 9.47 Å². The number of rotatable bonds is 5. The molecule has 8 heteroatoms. The van der Waals surface area contributed by atoms with Gasteiger partial charge in [-0.25, -0.2) is 9.98 Å². The predicted octanol–water partition coefficient (Wildman–Crippen LogP) is 4.81. The number of carbonyl (C=O) groups excluding carboxylic acids is 2. The zero-order chi connectivity index (χ0) is 24.3. The van der Waals surface area contributed by atoms with Crippen LogP contribution < -0.4 is 0 Å². The summed E-state index contributed by atoms with van der Waals surface area (Å²) in [6.07, 6.45) is 1.63. The van der Waals surface area contributed by atoms with Crippen molar-refractivity contribution in [2.75, 3.05) is 0 Å². The third kappa shape index (κ3) is 6.87. The van der Waals surface area contributed by atoms with Gasteiger partial charge >= 0.3 is 12.0 Å². The Kier molecular flexibility index (Phi) is 7.38. The molecule has 172 valence electrons. The molecule has 0 amide bonds. The van der Waals surface area contributed by atoms with Gasteiger partial charge in [-0.15, -0.1) is 0 Å². The molecular weight excluding hydrogens is 408 g/mol. The van der Waals surface area contributed by atoms with Crippen molar-refractivity contribution in [2.24, 2.45) is 9.98 Å². The molecule has 0 N–H and O–H groups in total. The highest BCUT2D eigenvalue weighted by atomic mass is 16.6. The average Bonchev–Trinajstić information content (AvgIpc) is 3.00. The van der Waals surface area contributed by atoms with Gasteiger partial charge in [0.2, 0.25) is 0 Å². The van der Waals surface area contributed by atoms with Gasteiger partial charge in [0.25, 0.3) is 0 Å². The second kappa shape index (κ2) is 9.46. The zero-order valence-corrected chi connectivity index (χ0v) is 20.1. The van der Waals surface area contributed by atoms with E-state index in [0.29, 0.717) is 16.6 Å². The van der Waals surface area contributed by atoms with Crippen molar-refractivity contribution in [2.45, 2.75) is 73.1 Å². The molecule has 1 heterocycles. The summed E-state index contributed by atoms with van der Waals surface area (Å²) in [5.74, 6) is -0.610. The maximum absolute atomic E-state index is 12.3. The van der Waals surface area contributed by atoms with Crippen molar-refractivity contribution in [3.63, 3.8) is 0 Å². The lowest BCUT2D eigenvalue weighted by atomic mass is 10.0. The quantitative estimate of drug-likeness (QED) is 0.288. The van der Waals surface area contributed by atoms with Gasteiger partial charge in [-0.1, -0.05) is 6.07 Å². The lowest BCUT2D eigenvalue weighted by molar-refractivity contribution is -0.155. The van der Waals surface area contributed by atoms with Gasteiger partial charge in [0.1, 0.15) is 23.4 Å². The molecule has 0 spiro atoms. The Hall–Kier alpha value is -3.29. The van der Waals surface area contributed by atoms with Crippen LogP contribution in [0.2, 0.25) is 0 Å². The number of benzene rings is 1. The molecule has 0 aliphatic rings. The summed E-state index contributed by atoms with van der Waals surface area (Å²) in [6, 6.07) is 5.74. The number of ether oxygens (including phenoxy) is 2. The van der Waals surface area contributed by atoms with E-state index in [0.717, 1.165) is 11.1 Å². The normalized spacial score (nSPS) is 13.2. The number of amidine groups is 1. The number of ketones is 1. The highest BCUT2D eigenvalue weighted by molar-refractivity contribution is 6.05. The maximum atomic E-state index is 12.3. The number of aliphatic imine (C=N–C) groups is 2. The molecule has 0 bridgehead atoms. The zero-order valence-electron chi connectivity index (χ0n) is 20.1. The van der Waals surface area contributed by atoms with Crippen LogP contribution in [0.25, 0.3) is 16.5 Å². The van der Waals surface area contributed by atoms with E-state index in [2.05, 4.69) is 21.8 Å². The van der Waals surface area contributed by atoms with E-state index in [4.69, 9.17) is 9.47 Å². The van der Waals surface area contributed by atoms with E-state index in [1.54, 1.807) is 27.0 Å². The number of hydrogen-bond donors (Lipinski definition) is 0. The fraction of sp³-hybridized carbons (Fsp3) is 0.458. The number of fused-ring (bicyclic) bond motifs is 1. The highest BCUT2D eigenvalue weighted by Crippen LogP contribution is 2.25. The van der Waals surface area contributed by atoms with Crippen LogP contribution in [0.5, 0.6) is 0 Å². The van der Waals surface area contributed by atoms with Crippen molar-refractivity contribution in [1.82, 2.24) is 9.78 Å². The van der Waals surface area contributed by atoms with Gasteiger partial charge in [-0.3, -0.25) is 14.3 Å². The Bertz CT molecular complexity index is 1100. The number of aromatic nitrogens is 2. The first-order valence-corrected chi connectivity index (χ1v) is 10.3. The smallest absolute Gasteiger partial charge is 0.328 e. The Morgan fingerprint density at radius 2 is 1.72 bits per heavy atom. The van der Waals surface area contributed by atoms with Gasteiger partial charge in [-0.2, -0.15) is 5.10 Å². The summed E-state index contributed by atoms with van der Waals surface area (Å²) in [4.78, 5) is 32.6. The molecule has 32 heavy (non-hydrogen) atoms. The minimum absolute atomic E-state index is 0.0853. The number of Topliss-reactive ketones (excluding diaryl/α,β-unsaturated/α-hetero) is 1. The largest absolute Gasteiger partial charge is 0.459 e. The lowest BCUT2D eigenvalue weighted by Crippen LogP contribution is -2.26. The SMILES string of the molecule is C=NC(=N/C=C(\C)c1ccc2c(c1)c(C(C)=O)nn2CC(=O)OC(C)(C)C)OC(C)(C)C. The van der Waals surface area contributed by atoms with Gasteiger partial charge in [-0.05, 0) is 78.5 Å². The molecule has 1 aromatic heterocycles. The van der Waals surface area contributed by atoms with Crippen molar-refractivity contribution < 1.29 is 19.1 Å². The fourth-order valence-electron chi connectivity index (χ4n) is 2.90. The Labute approximate surface area is 189 Å². The molecule has 0 saturated carbocycles. The van der Waals surface area contributed by atoms with Gasteiger partial charge in [0.15, 0.2) is 5.78 Å². The first kappa shape index (κ1) is 25.0. The third-order valence-electron chi connectivity index (χ3n) is 4.14. The van der Waals surface area contributed by atoms with E-state index >= 15 is 0 Å². The summed E-state index contributed by atoms with van der Waals surface area (Å²) < 4.78 is 12.5. The number of nitrogens with zero attached hydrogens (tertiary/aromatic N) is 4. The molecule has 8 nitrogen and oxygen atoms in total. The van der Waals surface area contributed by atoms with Crippen LogP contribution in [0.1, 0.15) is 71.4 Å². The Balaban J connectivity index is 2.43. The third-order valence-corrected chi connectivity index (χ3v) is 4.14. The van der Waals surface area contributed by atoms with E-state index in [-0.39, 0.29) is 18.3 Å². The van der Waals surface area contributed by atoms with Crippen LogP contribution in [0.15, 0.2) is 34.4 Å². The van der Waals surface area contributed by atoms with Crippen LogP contribution in [-0.2, 0) is 20.8 Å². The van der Waals surface area contributed by atoms with Crippen molar-refractivity contribution >= 4 is 41.0 Å². The summed E-state index contributed by atoms with van der Waals surface area (Å²) >= 11 is 0. The molecule has 0 radical (unpaired) electrons. The summed E-state index contributed by atoms with van der Waals surface area (Å²) in [7, 11) is 0. The van der Waals surface area contributed by atoms with Crippen LogP contribution in [0.4, 0.5) is 0 Å². The van der Waals surface area contributed by atoms with E-state index in [1.165, 1.54) is 11.6 Å². The molecule has 0 atom stereocenters. The topological polar surface area (TPSA) is 95.1 Å². The summed E-state index contributed by atoms with van der Waals surface area (Å²) in [5, 5.41) is 5.02. The predicted molar refractivity (Wildman–Crippen MR) is 127 cm³/mol. The number of esters is 1. The molecule has 1 aromatic carbocycles. The number of allylic oxidation sites excluding steroid dienone is 1. The second-order valence-corrected chi connectivity index (χ2v) is 9.48. The van der Waals surface area contributed by atoms with Crippen molar-refractivity contribution in [1.29, 1.82) is 0 Å². The van der Waals surface area contributed by atoms with E-state index in [1.807, 2.05) is 45.9 Å². The van der Waals surface area contributed by atoms with E-state index in [9.17, 15) is 9.59 Å². The van der Waals surface area contributed by atoms with E-state index < -0.39 is 17.2 Å². The monoisotopic (exact) mass is 440 g/mol. The molecule has 0 unspecified atom stereocenters. The van der Waals surface area contributed by atoms with Crippen molar-refractivity contribution in [3.05, 3.63) is 35.7 Å². The van der Waals surface area contributed by atoms with Crippen LogP contribution in [-0.4, -0.2) is 45.5 Å². The second-order valence-electron chi connectivity index (χ2n) is 9.48. The van der Waals surface area contributed by atoms with Crippen LogP contribution in [0.3, 0.4) is 0 Å². The maximum Gasteiger partial charge on any atom is 0.328 e. The lowest BCUT2D eigenvalue weighted by Gasteiger charge is -2.19. The summed E-state index contributed by atoms with van der Waals surface area (Å²) in [5.41, 5.74) is 1.60. The molecule has 0 fully saturated rings. The molecule has 0 saturated heterocycles. The molecule has 0 aliphatic carbocycles. The Morgan fingerprint density at radius 3 is 2.25 bits per heavy atom. The van der Waals surface area contributed by atoms with Gasteiger partial charge in [0.05, 0.1) is 5.52 Å². The number of carbonyl (C=O) groups is 2. The fourth-order valence-corrected chi connectivity index (χ4v) is 2.90. The van der Waals surface area contributed by atoms with Gasteiger partial charge in [0, 0.05) is 18.5 Å². The average molecular weight is 441 g/mol.